The van der Waals surface area contributed by atoms with E-state index in [1.54, 1.807) is 9.45 Å². The molecular weight excluding hydrogens is 250 g/mol. The summed E-state index contributed by atoms with van der Waals surface area (Å²) in [5.74, 6) is 0. The second-order valence-electron chi connectivity index (χ2n) is 2.69. The van der Waals surface area contributed by atoms with E-state index in [4.69, 9.17) is 0 Å². The Balaban J connectivity index is -0.000000270. The van der Waals surface area contributed by atoms with Gasteiger partial charge in [-0.25, -0.2) is 0 Å². The van der Waals surface area contributed by atoms with Gasteiger partial charge in [-0.05, 0) is 0 Å². The summed E-state index contributed by atoms with van der Waals surface area (Å²) in [6, 6.07) is 0. The monoisotopic (exact) mass is 263 g/mol. The van der Waals surface area contributed by atoms with Gasteiger partial charge in [0.1, 0.15) is 0 Å². The van der Waals surface area contributed by atoms with E-state index in [9.17, 15) is 0 Å². The van der Waals surface area contributed by atoms with Gasteiger partial charge in [0.25, 0.3) is 0 Å². The van der Waals surface area contributed by atoms with Crippen LogP contribution in [0.4, 0.5) is 0 Å². The molecule has 0 heterocycles. The van der Waals surface area contributed by atoms with Crippen LogP contribution in [0.15, 0.2) is 20.6 Å². The fourth-order valence-electron chi connectivity index (χ4n) is 1.08. The molecule has 0 aromatic carbocycles. The van der Waals surface area contributed by atoms with E-state index in [2.05, 4.69) is 41.2 Å². The molecule has 4 heteroatoms. The topological polar surface area (TPSA) is 0 Å². The van der Waals surface area contributed by atoms with Crippen LogP contribution in [0, 0.1) is 0 Å². The summed E-state index contributed by atoms with van der Waals surface area (Å²) >= 11 is 2.22. The Hall–Kier alpha value is 1.06. The van der Waals surface area contributed by atoms with E-state index in [0.29, 0.717) is 0 Å². The van der Waals surface area contributed by atoms with Gasteiger partial charge in [-0.2, -0.15) is 0 Å². The molecule has 1 aliphatic rings. The Morgan fingerprint density at radius 1 is 0.917 bits per heavy atom. The number of hydrogen-bond donors (Lipinski definition) is 0. The minimum atomic E-state index is 0. The first-order valence-corrected chi connectivity index (χ1v) is 3.99. The number of hydrogen-bond acceptors (Lipinski definition) is 0. The molecule has 0 saturated carbocycles. The van der Waals surface area contributed by atoms with Crippen LogP contribution < -0.4 is 0 Å². The average molecular weight is 264 g/mol. The molecule has 0 atom stereocenters. The van der Waals surface area contributed by atoms with Crippen molar-refractivity contribution in [3.63, 3.8) is 0 Å². The van der Waals surface area contributed by atoms with Crippen LogP contribution in [-0.4, -0.2) is 0 Å². The molecule has 0 bridgehead atoms. The van der Waals surface area contributed by atoms with Crippen molar-refractivity contribution in [1.82, 2.24) is 0 Å². The molecule has 0 aliphatic heterocycles. The Kier molecular flexibility index (Phi) is 11.7. The van der Waals surface area contributed by atoms with Crippen molar-refractivity contribution in [3.05, 3.63) is 20.6 Å². The van der Waals surface area contributed by atoms with Crippen LogP contribution in [0.25, 0.3) is 0 Å². The molecule has 0 nitrogen and oxygen atoms in total. The van der Waals surface area contributed by atoms with Crippen molar-refractivity contribution in [2.75, 3.05) is 0 Å². The fourth-order valence-corrected chi connectivity index (χ4v) is 1.78. The third kappa shape index (κ3) is 3.85. The molecule has 0 radical (unpaired) electrons. The second kappa shape index (κ2) is 7.47. The summed E-state index contributed by atoms with van der Waals surface area (Å²) < 4.78 is 1.55. The van der Waals surface area contributed by atoms with Gasteiger partial charge in [0.05, 0.1) is 0 Å². The van der Waals surface area contributed by atoms with Crippen LogP contribution >= 0.6 is 37.2 Å². The molecule has 0 N–H and O–H groups in total. The van der Waals surface area contributed by atoms with Crippen LogP contribution in [-0.2, 0) is 20.4 Å². The van der Waals surface area contributed by atoms with Gasteiger partial charge in [0.15, 0.2) is 0 Å². The van der Waals surface area contributed by atoms with Gasteiger partial charge in [-0.1, -0.05) is 0 Å². The maximum absolute atomic E-state index is 2.22. The predicted octanol–water partition coefficient (Wildman–Crippen LogP) is 3.81. The zero-order valence-electron chi connectivity index (χ0n) is 7.43. The van der Waals surface area contributed by atoms with E-state index < -0.39 is 0 Å². The fraction of sp³-hybridized carbons (Fsp3) is 0.500. The number of allylic oxidation sites excluding steroid dienone is 4. The smallest absolute Gasteiger partial charge is 0.147 e. The molecule has 0 fully saturated rings. The summed E-state index contributed by atoms with van der Waals surface area (Å²) in [6.07, 6.45) is 1.21. The minimum Gasteiger partial charge on any atom is -0.147 e. The zero-order chi connectivity index (χ0) is 7.02. The summed E-state index contributed by atoms with van der Waals surface area (Å²) in [5, 5.41) is 0. The van der Waals surface area contributed by atoms with Gasteiger partial charge < -0.3 is 0 Å². The van der Waals surface area contributed by atoms with Crippen LogP contribution in [0.1, 0.15) is 27.2 Å². The van der Waals surface area contributed by atoms with Gasteiger partial charge in [0, 0.05) is 0 Å². The summed E-state index contributed by atoms with van der Waals surface area (Å²) in [4.78, 5) is 0. The van der Waals surface area contributed by atoms with Crippen molar-refractivity contribution in [1.29, 1.82) is 0 Å². The van der Waals surface area contributed by atoms with Crippen molar-refractivity contribution < 1.29 is 20.4 Å². The van der Waals surface area contributed by atoms with Crippen molar-refractivity contribution in [3.8, 4) is 0 Å². The zero-order valence-corrected chi connectivity index (χ0v) is 11.4. The quantitative estimate of drug-likeness (QED) is 0.584. The van der Waals surface area contributed by atoms with Gasteiger partial charge in [-0.3, -0.25) is 0 Å². The Labute approximate surface area is 105 Å². The van der Waals surface area contributed by atoms with Gasteiger partial charge in [-0.15, -0.1) is 37.2 Å². The second-order valence-corrected chi connectivity index (χ2v) is 3.63. The molecule has 71 valence electrons. The minimum absolute atomic E-state index is 0. The summed E-state index contributed by atoms with van der Waals surface area (Å²) in [7, 11) is 0. The van der Waals surface area contributed by atoms with E-state index >= 15 is 0 Å². The first-order chi connectivity index (χ1) is 4.13. The van der Waals surface area contributed by atoms with E-state index in [-0.39, 0.29) is 37.2 Å². The Bertz CT molecular complexity index is 184. The molecule has 0 unspecified atom stereocenters. The standard InChI is InChI=1S/C8H11.3ClH.Ti/c1-6-4-5-7(2)8(6)3;;;;/h4H2,1-3H3;3*1H;. The van der Waals surface area contributed by atoms with E-state index in [0.717, 1.165) is 0 Å². The normalized spacial score (nSPS) is 14.8. The number of halogens is 3. The Morgan fingerprint density at radius 2 is 1.33 bits per heavy atom. The summed E-state index contributed by atoms with van der Waals surface area (Å²) in [5.41, 5.74) is 4.56. The molecule has 0 spiro atoms. The first-order valence-electron chi connectivity index (χ1n) is 3.21. The third-order valence-electron chi connectivity index (χ3n) is 2.10. The van der Waals surface area contributed by atoms with Crippen molar-refractivity contribution in [2.45, 2.75) is 27.2 Å². The molecule has 0 amide bonds. The SMILES string of the molecule is CC1=C(C)C(C)=[C]([Ti])C1.Cl.Cl.Cl. The largest absolute Gasteiger partial charge is 0.147 e. The van der Waals surface area contributed by atoms with E-state index in [1.807, 2.05) is 0 Å². The maximum Gasteiger partial charge on any atom is -0.147 e. The third-order valence-corrected chi connectivity index (χ3v) is 2.96. The Morgan fingerprint density at radius 3 is 1.42 bits per heavy atom. The first kappa shape index (κ1) is 18.8. The van der Waals surface area contributed by atoms with Crippen molar-refractivity contribution >= 4 is 37.2 Å². The molecule has 0 aromatic rings. The predicted molar refractivity (Wildman–Crippen MR) is 57.4 cm³/mol. The van der Waals surface area contributed by atoms with Crippen LogP contribution in [0.2, 0.25) is 0 Å². The molecule has 1 aliphatic carbocycles. The molecule has 1 rings (SSSR count). The molecule has 0 aromatic heterocycles. The maximum atomic E-state index is 2.22. The van der Waals surface area contributed by atoms with Crippen LogP contribution in [0.5, 0.6) is 0 Å². The summed E-state index contributed by atoms with van der Waals surface area (Å²) in [6.45, 7) is 6.64. The van der Waals surface area contributed by atoms with Crippen molar-refractivity contribution in [2.24, 2.45) is 0 Å². The van der Waals surface area contributed by atoms with E-state index in [1.165, 1.54) is 17.6 Å². The number of rotatable bonds is 0. The van der Waals surface area contributed by atoms with Crippen LogP contribution in [0.3, 0.4) is 0 Å². The molecule has 12 heavy (non-hydrogen) atoms. The molecular formula is C8H14Cl3Ti. The van der Waals surface area contributed by atoms with Gasteiger partial charge in [0.2, 0.25) is 0 Å². The average Bonchev–Trinajstić information content (AvgIpc) is 1.98. The van der Waals surface area contributed by atoms with Gasteiger partial charge >= 0.3 is 68.2 Å². The molecule has 0 saturated heterocycles.